The first kappa shape index (κ1) is 20.1. The van der Waals surface area contributed by atoms with E-state index in [0.29, 0.717) is 12.1 Å². The van der Waals surface area contributed by atoms with E-state index in [-0.39, 0.29) is 17.7 Å². The molecule has 0 saturated carbocycles. The van der Waals surface area contributed by atoms with Gasteiger partial charge >= 0.3 is 6.61 Å². The Kier molecular flexibility index (Phi) is 6.81. The average Bonchev–Trinajstić information content (AvgIpc) is 3.33. The largest absolute Gasteiger partial charge is 0.465 e. The van der Waals surface area contributed by atoms with Gasteiger partial charge in [-0.15, -0.1) is 0 Å². The molecule has 1 aliphatic heterocycles. The molecule has 1 aromatic heterocycles. The second-order valence-corrected chi connectivity index (χ2v) is 6.70. The number of para-hydroxylation sites is 1. The normalized spacial score (nSPS) is 16.0. The first-order chi connectivity index (χ1) is 13.5. The van der Waals surface area contributed by atoms with Gasteiger partial charge in [0.25, 0.3) is 0 Å². The molecule has 0 radical (unpaired) electrons. The molecule has 0 unspecified atom stereocenters. The number of benzene rings is 1. The molecule has 1 fully saturated rings. The zero-order chi connectivity index (χ0) is 19.9. The summed E-state index contributed by atoms with van der Waals surface area (Å²) < 4.78 is 35.2. The second-order valence-electron chi connectivity index (χ2n) is 6.70. The van der Waals surface area contributed by atoms with Crippen LogP contribution in [0.2, 0.25) is 0 Å². The Morgan fingerprint density at radius 2 is 2.00 bits per heavy atom. The Hall–Kier alpha value is -2.67. The zero-order valence-electron chi connectivity index (χ0n) is 15.7. The summed E-state index contributed by atoms with van der Waals surface area (Å²) in [6.07, 6.45) is 5.05. The third-order valence-electron chi connectivity index (χ3n) is 4.69. The molecule has 1 atom stereocenters. The smallest absolute Gasteiger partial charge is 0.387 e. The number of likely N-dealkylation sites (tertiary alicyclic amines) is 1. The average molecular weight is 390 g/mol. The fraction of sp³-hybridized carbons (Fsp3) is 0.381. The van der Waals surface area contributed by atoms with Gasteiger partial charge in [-0.25, -0.2) is 0 Å². The lowest BCUT2D eigenvalue weighted by Gasteiger charge is -2.25. The van der Waals surface area contributed by atoms with Crippen molar-refractivity contribution in [2.45, 2.75) is 32.4 Å². The summed E-state index contributed by atoms with van der Waals surface area (Å²) in [5.41, 5.74) is 0.413. The Balaban J connectivity index is 1.63. The van der Waals surface area contributed by atoms with E-state index in [4.69, 9.17) is 4.42 Å². The number of aryl methyl sites for hydroxylation is 1. The molecule has 3 rings (SSSR count). The number of furan rings is 1. The van der Waals surface area contributed by atoms with Crippen molar-refractivity contribution in [2.24, 2.45) is 0 Å². The first-order valence-electron chi connectivity index (χ1n) is 9.33. The topological polar surface area (TPSA) is 54.7 Å². The van der Waals surface area contributed by atoms with Gasteiger partial charge in [0.1, 0.15) is 17.3 Å². The van der Waals surface area contributed by atoms with E-state index in [2.05, 4.69) is 15.0 Å². The predicted molar refractivity (Wildman–Crippen MR) is 102 cm³/mol. The molecular formula is C21H24F2N2O3. The third kappa shape index (κ3) is 5.42. The predicted octanol–water partition coefficient (Wildman–Crippen LogP) is 4.16. The van der Waals surface area contributed by atoms with Gasteiger partial charge in [0.05, 0.1) is 6.04 Å². The van der Waals surface area contributed by atoms with Crippen LogP contribution in [-0.4, -0.2) is 37.1 Å². The number of carbonyl (C=O) groups is 1. The number of amides is 1. The number of alkyl halides is 2. The number of carbonyl (C=O) groups excluding carboxylic acids is 1. The number of nitrogens with one attached hydrogen (secondary N) is 1. The van der Waals surface area contributed by atoms with Crippen LogP contribution in [0, 0.1) is 6.92 Å². The van der Waals surface area contributed by atoms with Crippen molar-refractivity contribution in [3.05, 3.63) is 59.6 Å². The van der Waals surface area contributed by atoms with Gasteiger partial charge in [0, 0.05) is 18.2 Å². The second kappa shape index (κ2) is 9.50. The molecule has 0 bridgehead atoms. The van der Waals surface area contributed by atoms with Crippen molar-refractivity contribution < 1.29 is 22.7 Å². The summed E-state index contributed by atoms with van der Waals surface area (Å²) >= 11 is 0. The van der Waals surface area contributed by atoms with Gasteiger partial charge in [0.15, 0.2) is 0 Å². The van der Waals surface area contributed by atoms with E-state index in [0.717, 1.165) is 37.5 Å². The lowest BCUT2D eigenvalue weighted by molar-refractivity contribution is -0.116. The van der Waals surface area contributed by atoms with Crippen LogP contribution < -0.4 is 10.1 Å². The minimum Gasteiger partial charge on any atom is -0.465 e. The number of ether oxygens (including phenoxy) is 1. The van der Waals surface area contributed by atoms with Crippen LogP contribution in [0.25, 0.3) is 6.08 Å². The molecule has 28 heavy (non-hydrogen) atoms. The Bertz CT molecular complexity index is 813. The van der Waals surface area contributed by atoms with Crippen molar-refractivity contribution in [2.75, 3.05) is 19.6 Å². The summed E-state index contributed by atoms with van der Waals surface area (Å²) in [4.78, 5) is 14.6. The SMILES string of the molecule is Cc1ccc([C@@H](CNC(=O)/C=C/c2ccccc2OC(F)F)N2CCCC2)o1. The molecule has 1 amide bonds. The fourth-order valence-corrected chi connectivity index (χ4v) is 3.34. The Labute approximate surface area is 163 Å². The zero-order valence-corrected chi connectivity index (χ0v) is 15.7. The number of nitrogens with zero attached hydrogens (tertiary/aromatic N) is 1. The van der Waals surface area contributed by atoms with Crippen LogP contribution in [0.15, 0.2) is 46.9 Å². The highest BCUT2D eigenvalue weighted by molar-refractivity contribution is 5.92. The molecule has 0 aliphatic carbocycles. The standard InChI is InChI=1S/C21H24F2N2O3/c1-15-8-10-19(27-15)17(25-12-4-5-13-25)14-24-20(26)11-9-16-6-2-3-7-18(16)28-21(22)23/h2-3,6-11,17,21H,4-5,12-14H2,1H3,(H,24,26)/b11-9+/t17-/m1/s1. The Morgan fingerprint density at radius 1 is 1.25 bits per heavy atom. The van der Waals surface area contributed by atoms with Crippen molar-refractivity contribution in [3.8, 4) is 5.75 Å². The van der Waals surface area contributed by atoms with Crippen molar-refractivity contribution >= 4 is 12.0 Å². The maximum Gasteiger partial charge on any atom is 0.387 e. The highest BCUT2D eigenvalue weighted by Gasteiger charge is 2.26. The van der Waals surface area contributed by atoms with E-state index < -0.39 is 6.61 Å². The van der Waals surface area contributed by atoms with Crippen LogP contribution in [0.5, 0.6) is 5.75 Å². The highest BCUT2D eigenvalue weighted by atomic mass is 19.3. The van der Waals surface area contributed by atoms with Gasteiger partial charge in [-0.05, 0) is 57.1 Å². The number of hydrogen-bond acceptors (Lipinski definition) is 4. The molecule has 5 nitrogen and oxygen atoms in total. The third-order valence-corrected chi connectivity index (χ3v) is 4.69. The summed E-state index contributed by atoms with van der Waals surface area (Å²) in [5, 5.41) is 2.88. The molecule has 150 valence electrons. The summed E-state index contributed by atoms with van der Waals surface area (Å²) in [5.74, 6) is 1.39. The summed E-state index contributed by atoms with van der Waals surface area (Å²) in [7, 11) is 0. The highest BCUT2D eigenvalue weighted by Crippen LogP contribution is 2.26. The van der Waals surface area contributed by atoms with E-state index in [9.17, 15) is 13.6 Å². The number of rotatable bonds is 8. The van der Waals surface area contributed by atoms with Crippen LogP contribution in [-0.2, 0) is 4.79 Å². The van der Waals surface area contributed by atoms with E-state index >= 15 is 0 Å². The molecule has 2 heterocycles. The monoisotopic (exact) mass is 390 g/mol. The van der Waals surface area contributed by atoms with Gasteiger partial charge < -0.3 is 14.5 Å². The number of hydrogen-bond donors (Lipinski definition) is 1. The lowest BCUT2D eigenvalue weighted by atomic mass is 10.1. The maximum atomic E-state index is 12.5. The Morgan fingerprint density at radius 3 is 2.68 bits per heavy atom. The molecule has 2 aromatic rings. The molecule has 7 heteroatoms. The van der Waals surface area contributed by atoms with Crippen molar-refractivity contribution in [3.63, 3.8) is 0 Å². The fourth-order valence-electron chi connectivity index (χ4n) is 3.34. The minimum absolute atomic E-state index is 0.0250. The van der Waals surface area contributed by atoms with Gasteiger partial charge in [-0.1, -0.05) is 18.2 Å². The molecule has 1 aromatic carbocycles. The van der Waals surface area contributed by atoms with E-state index in [1.807, 2.05) is 19.1 Å². The number of halogens is 2. The molecular weight excluding hydrogens is 366 g/mol. The van der Waals surface area contributed by atoms with Crippen molar-refractivity contribution in [1.29, 1.82) is 0 Å². The summed E-state index contributed by atoms with van der Waals surface area (Å²) in [6.45, 7) is 1.32. The van der Waals surface area contributed by atoms with Gasteiger partial charge in [0.2, 0.25) is 5.91 Å². The molecule has 1 aliphatic rings. The first-order valence-corrected chi connectivity index (χ1v) is 9.33. The van der Waals surface area contributed by atoms with Crippen LogP contribution in [0.1, 0.15) is 36.0 Å². The minimum atomic E-state index is -2.92. The van der Waals surface area contributed by atoms with Crippen LogP contribution in [0.3, 0.4) is 0 Å². The maximum absolute atomic E-state index is 12.5. The van der Waals surface area contributed by atoms with Gasteiger partial charge in [-0.3, -0.25) is 9.69 Å². The molecule has 1 saturated heterocycles. The van der Waals surface area contributed by atoms with E-state index in [1.165, 1.54) is 18.2 Å². The van der Waals surface area contributed by atoms with Crippen molar-refractivity contribution in [1.82, 2.24) is 10.2 Å². The quantitative estimate of drug-likeness (QED) is 0.688. The van der Waals surface area contributed by atoms with Gasteiger partial charge in [-0.2, -0.15) is 8.78 Å². The molecule has 0 spiro atoms. The van der Waals surface area contributed by atoms with Crippen LogP contribution >= 0.6 is 0 Å². The van der Waals surface area contributed by atoms with E-state index in [1.54, 1.807) is 18.2 Å². The summed E-state index contributed by atoms with van der Waals surface area (Å²) in [6, 6.07) is 10.2. The van der Waals surface area contributed by atoms with Crippen LogP contribution in [0.4, 0.5) is 8.78 Å². The lowest BCUT2D eigenvalue weighted by Crippen LogP contribution is -2.36. The molecule has 1 N–H and O–H groups in total.